The molecule has 9 aromatic rings. The highest BCUT2D eigenvalue weighted by Gasteiger charge is 2.25. The zero-order chi connectivity index (χ0) is 35.1. The van der Waals surface area contributed by atoms with Gasteiger partial charge in [0.25, 0.3) is 0 Å². The molecule has 0 bridgehead atoms. The maximum atomic E-state index is 6.71. The second-order valence-corrected chi connectivity index (χ2v) is 13.4. The van der Waals surface area contributed by atoms with Crippen molar-refractivity contribution >= 4 is 44.4 Å². The SMILES string of the molecule is c1ccc(C2=NC(c3cccc4oc5c(-c6ccc(-c7cccc8ccccc78)cc6)cccc5c34)NC(c3ccc(-c4ccccc4)cc3)=N2)cc1. The number of fused-ring (bicyclic) bond motifs is 4. The molecule has 1 aromatic heterocycles. The maximum absolute atomic E-state index is 6.71. The van der Waals surface area contributed by atoms with E-state index in [1.54, 1.807) is 0 Å². The van der Waals surface area contributed by atoms with Gasteiger partial charge >= 0.3 is 0 Å². The third kappa shape index (κ3) is 5.58. The first-order valence-corrected chi connectivity index (χ1v) is 17.9. The van der Waals surface area contributed by atoms with Crippen LogP contribution in [0.1, 0.15) is 22.9 Å². The van der Waals surface area contributed by atoms with Gasteiger partial charge in [0.2, 0.25) is 0 Å². The zero-order valence-electron chi connectivity index (χ0n) is 28.8. The minimum atomic E-state index is -0.389. The first-order valence-electron chi connectivity index (χ1n) is 17.9. The lowest BCUT2D eigenvalue weighted by atomic mass is 9.95. The summed E-state index contributed by atoms with van der Waals surface area (Å²) in [6.45, 7) is 0. The van der Waals surface area contributed by atoms with Crippen LogP contribution in [-0.2, 0) is 0 Å². The summed E-state index contributed by atoms with van der Waals surface area (Å²) in [5.74, 6) is 1.47. The second kappa shape index (κ2) is 12.9. The monoisotopic (exact) mass is 679 g/mol. The average molecular weight is 680 g/mol. The van der Waals surface area contributed by atoms with Crippen LogP contribution in [-0.4, -0.2) is 11.7 Å². The molecule has 10 rings (SSSR count). The molecule has 0 fully saturated rings. The van der Waals surface area contributed by atoms with Gasteiger partial charge in [-0.05, 0) is 44.7 Å². The van der Waals surface area contributed by atoms with Gasteiger partial charge in [-0.15, -0.1) is 0 Å². The molecule has 1 aliphatic rings. The summed E-state index contributed by atoms with van der Waals surface area (Å²) in [6.07, 6.45) is -0.389. The number of hydrogen-bond acceptors (Lipinski definition) is 4. The van der Waals surface area contributed by atoms with Gasteiger partial charge in [-0.1, -0.05) is 182 Å². The minimum absolute atomic E-state index is 0.389. The number of hydrogen-bond donors (Lipinski definition) is 1. The molecule has 0 saturated heterocycles. The number of benzene rings is 8. The molecular weight excluding hydrogens is 647 g/mol. The zero-order valence-corrected chi connectivity index (χ0v) is 28.8. The largest absolute Gasteiger partial charge is 0.455 e. The van der Waals surface area contributed by atoms with Crippen LogP contribution in [0, 0.1) is 0 Å². The lowest BCUT2D eigenvalue weighted by molar-refractivity contribution is 0.663. The second-order valence-electron chi connectivity index (χ2n) is 13.4. The Balaban J connectivity index is 1.05. The van der Waals surface area contributed by atoms with Gasteiger partial charge < -0.3 is 9.73 Å². The van der Waals surface area contributed by atoms with Crippen LogP contribution in [0.5, 0.6) is 0 Å². The topological polar surface area (TPSA) is 49.9 Å². The molecule has 0 saturated carbocycles. The first-order chi connectivity index (χ1) is 26.3. The van der Waals surface area contributed by atoms with Gasteiger partial charge in [0, 0.05) is 33.0 Å². The highest BCUT2D eigenvalue weighted by atomic mass is 16.3. The van der Waals surface area contributed by atoms with Crippen LogP contribution in [0.15, 0.2) is 202 Å². The summed E-state index contributed by atoms with van der Waals surface area (Å²) < 4.78 is 6.71. The number of nitrogens with one attached hydrogen (secondary N) is 1. The summed E-state index contributed by atoms with van der Waals surface area (Å²) >= 11 is 0. The minimum Gasteiger partial charge on any atom is -0.455 e. The van der Waals surface area contributed by atoms with E-state index in [0.717, 1.165) is 61.2 Å². The molecule has 2 heterocycles. The van der Waals surface area contributed by atoms with E-state index in [2.05, 4.69) is 163 Å². The van der Waals surface area contributed by atoms with Crippen LogP contribution in [0.25, 0.3) is 66.1 Å². The quantitative estimate of drug-likeness (QED) is 0.190. The summed E-state index contributed by atoms with van der Waals surface area (Å²) in [5.41, 5.74) is 11.6. The molecule has 0 radical (unpaired) electrons. The first kappa shape index (κ1) is 30.8. The van der Waals surface area contributed by atoms with Crippen molar-refractivity contribution < 1.29 is 4.42 Å². The van der Waals surface area contributed by atoms with Crippen molar-refractivity contribution in [3.05, 3.63) is 205 Å². The van der Waals surface area contributed by atoms with Crippen molar-refractivity contribution in [1.82, 2.24) is 5.32 Å². The molecule has 0 aliphatic carbocycles. The van der Waals surface area contributed by atoms with Gasteiger partial charge in [-0.25, -0.2) is 9.98 Å². The molecule has 1 unspecified atom stereocenters. The number of amidine groups is 2. The van der Waals surface area contributed by atoms with E-state index in [0.29, 0.717) is 5.84 Å². The normalized spacial score (nSPS) is 14.2. The molecule has 4 heteroatoms. The van der Waals surface area contributed by atoms with E-state index in [1.165, 1.54) is 27.5 Å². The van der Waals surface area contributed by atoms with Crippen molar-refractivity contribution in [2.45, 2.75) is 6.17 Å². The van der Waals surface area contributed by atoms with E-state index >= 15 is 0 Å². The van der Waals surface area contributed by atoms with Crippen LogP contribution in [0.3, 0.4) is 0 Å². The number of furan rings is 1. The van der Waals surface area contributed by atoms with Crippen molar-refractivity contribution in [2.24, 2.45) is 9.98 Å². The highest BCUT2D eigenvalue weighted by molar-refractivity contribution is 6.15. The van der Waals surface area contributed by atoms with Crippen LogP contribution in [0.2, 0.25) is 0 Å². The van der Waals surface area contributed by atoms with Gasteiger partial charge in [0.05, 0.1) is 0 Å². The summed E-state index contributed by atoms with van der Waals surface area (Å²) in [5, 5.41) is 8.29. The van der Waals surface area contributed by atoms with E-state index < -0.39 is 0 Å². The molecule has 8 aromatic carbocycles. The highest BCUT2D eigenvalue weighted by Crippen LogP contribution is 2.40. The molecule has 0 amide bonds. The van der Waals surface area contributed by atoms with Gasteiger partial charge in [0.1, 0.15) is 23.2 Å². The average Bonchev–Trinajstić information content (AvgIpc) is 3.63. The molecule has 1 atom stereocenters. The van der Waals surface area contributed by atoms with Gasteiger partial charge in [-0.2, -0.15) is 0 Å². The van der Waals surface area contributed by atoms with E-state index in [1.807, 2.05) is 30.3 Å². The smallest absolute Gasteiger partial charge is 0.159 e. The number of aliphatic imine (C=N–C) groups is 2. The molecule has 4 nitrogen and oxygen atoms in total. The van der Waals surface area contributed by atoms with E-state index in [9.17, 15) is 0 Å². The third-order valence-corrected chi connectivity index (χ3v) is 10.2. The molecule has 53 heavy (non-hydrogen) atoms. The number of rotatable bonds is 6. The predicted molar refractivity (Wildman–Crippen MR) is 219 cm³/mol. The molecule has 1 N–H and O–H groups in total. The lowest BCUT2D eigenvalue weighted by Crippen LogP contribution is -2.33. The number of para-hydroxylation sites is 1. The van der Waals surface area contributed by atoms with Gasteiger partial charge in [0.15, 0.2) is 5.84 Å². The fraction of sp³-hybridized carbons (Fsp3) is 0.0204. The van der Waals surface area contributed by atoms with Crippen molar-refractivity contribution in [3.63, 3.8) is 0 Å². The Morgan fingerprint density at radius 1 is 0.434 bits per heavy atom. The van der Waals surface area contributed by atoms with Crippen LogP contribution >= 0.6 is 0 Å². The fourth-order valence-electron chi connectivity index (χ4n) is 7.56. The Hall–Kier alpha value is -7.04. The summed E-state index contributed by atoms with van der Waals surface area (Å²) in [4.78, 5) is 10.3. The summed E-state index contributed by atoms with van der Waals surface area (Å²) in [7, 11) is 0. The fourth-order valence-corrected chi connectivity index (χ4v) is 7.56. The van der Waals surface area contributed by atoms with Crippen LogP contribution < -0.4 is 5.32 Å². The van der Waals surface area contributed by atoms with Crippen molar-refractivity contribution in [2.75, 3.05) is 0 Å². The Bertz CT molecular complexity index is 2830. The van der Waals surface area contributed by atoms with Gasteiger partial charge in [-0.3, -0.25) is 0 Å². The third-order valence-electron chi connectivity index (χ3n) is 10.2. The Labute approximate surface area is 307 Å². The van der Waals surface area contributed by atoms with E-state index in [4.69, 9.17) is 14.4 Å². The maximum Gasteiger partial charge on any atom is 0.159 e. The van der Waals surface area contributed by atoms with Crippen LogP contribution in [0.4, 0.5) is 0 Å². The molecule has 1 aliphatic heterocycles. The van der Waals surface area contributed by atoms with E-state index in [-0.39, 0.29) is 6.17 Å². The Morgan fingerprint density at radius 3 is 1.79 bits per heavy atom. The summed E-state index contributed by atoms with van der Waals surface area (Å²) in [6, 6.07) is 65.7. The standard InChI is InChI=1S/C49H33N3O/c1-3-12-32(13-4-1)33-24-30-38(31-25-33)48-50-47(37-15-5-2-6-16-37)51-49(52-48)43-22-11-23-44-45(43)42-21-10-20-41(46(42)53-44)36-28-26-35(27-29-36)40-19-9-17-34-14-7-8-18-39(34)40/h1-31,49H,(H,50,51,52). The Kier molecular flexibility index (Phi) is 7.51. The van der Waals surface area contributed by atoms with Crippen molar-refractivity contribution in [1.29, 1.82) is 0 Å². The molecule has 0 spiro atoms. The molecular formula is C49H33N3O. The number of nitrogens with zero attached hydrogens (tertiary/aromatic N) is 2. The predicted octanol–water partition coefficient (Wildman–Crippen LogP) is 12.2. The van der Waals surface area contributed by atoms with Crippen molar-refractivity contribution in [3.8, 4) is 33.4 Å². The molecule has 250 valence electrons. The lowest BCUT2D eigenvalue weighted by Gasteiger charge is -2.24. The Morgan fingerprint density at radius 2 is 1.00 bits per heavy atom.